The molecule has 0 aliphatic rings. The first-order valence-electron chi connectivity index (χ1n) is 7.64. The molecule has 0 unspecified atom stereocenters. The topological polar surface area (TPSA) is 51.6 Å². The molecule has 0 aromatic carbocycles. The van der Waals surface area contributed by atoms with Crippen LogP contribution in [0.25, 0.3) is 21.8 Å². The Morgan fingerprint density at radius 2 is 1.26 bits per heavy atom. The van der Waals surface area contributed by atoms with Gasteiger partial charge in [-0.2, -0.15) is 0 Å². The van der Waals surface area contributed by atoms with Gasteiger partial charge < -0.3 is 0 Å². The zero-order chi connectivity index (χ0) is 19.6. The molecule has 0 aliphatic heterocycles. The van der Waals surface area contributed by atoms with Crippen LogP contribution in [0.4, 0.5) is 0 Å². The normalized spacial score (nSPS) is 10.7. The summed E-state index contributed by atoms with van der Waals surface area (Å²) < 4.78 is 0. The van der Waals surface area contributed by atoms with E-state index < -0.39 is 0 Å². The first kappa shape index (κ1) is 20.5. The van der Waals surface area contributed by atoms with Gasteiger partial charge in [-0.25, -0.2) is 9.97 Å². The maximum atomic E-state index is 5.91. The highest BCUT2D eigenvalue weighted by Gasteiger charge is 2.05. The fourth-order valence-corrected chi connectivity index (χ4v) is 3.61. The van der Waals surface area contributed by atoms with Crippen molar-refractivity contribution in [1.82, 2.24) is 19.9 Å². The van der Waals surface area contributed by atoms with E-state index in [1.807, 2.05) is 31.2 Å². The zero-order valence-electron chi connectivity index (χ0n) is 13.8. The van der Waals surface area contributed by atoms with Crippen molar-refractivity contribution in [2.75, 3.05) is 0 Å². The first-order valence-corrected chi connectivity index (χ1v) is 10.3. The van der Waals surface area contributed by atoms with Gasteiger partial charge in [0.05, 0.1) is 16.7 Å². The van der Waals surface area contributed by atoms with Crippen LogP contribution < -0.4 is 0 Å². The van der Waals surface area contributed by atoms with Crippen LogP contribution in [0.15, 0.2) is 36.4 Å². The minimum atomic E-state index is 0.363. The summed E-state index contributed by atoms with van der Waals surface area (Å²) in [4.78, 5) is 16.5. The van der Waals surface area contributed by atoms with Crippen molar-refractivity contribution in [3.63, 3.8) is 0 Å². The summed E-state index contributed by atoms with van der Waals surface area (Å²) >= 11 is 26.6. The summed E-state index contributed by atoms with van der Waals surface area (Å²) in [5.41, 5.74) is 3.43. The molecular weight excluding hydrogens is 494 g/mol. The fourth-order valence-electron chi connectivity index (χ4n) is 2.34. The number of hydrogen-bond donors (Lipinski definition) is 0. The maximum Gasteiger partial charge on any atom is 0.140 e. The average Bonchev–Trinajstić information content (AvgIpc) is 2.61. The lowest BCUT2D eigenvalue weighted by molar-refractivity contribution is 1.22. The van der Waals surface area contributed by atoms with E-state index in [1.54, 1.807) is 12.1 Å². The summed E-state index contributed by atoms with van der Waals surface area (Å²) in [6.07, 6.45) is 0. The van der Waals surface area contributed by atoms with E-state index in [0.717, 1.165) is 33.2 Å². The lowest BCUT2D eigenvalue weighted by Gasteiger charge is -2.01. The summed E-state index contributed by atoms with van der Waals surface area (Å²) in [5.74, 6) is 0. The third kappa shape index (κ3) is 4.98. The Kier molecular flexibility index (Phi) is 6.71. The molecule has 4 nitrogen and oxygen atoms in total. The highest BCUT2D eigenvalue weighted by Crippen LogP contribution is 2.24. The summed E-state index contributed by atoms with van der Waals surface area (Å²) in [6, 6.07) is 11.0. The van der Waals surface area contributed by atoms with Crippen LogP contribution in [0.3, 0.4) is 0 Å². The number of hydrogen-bond acceptors (Lipinski definition) is 4. The van der Waals surface area contributed by atoms with Gasteiger partial charge in [-0.15, -0.1) is 0 Å². The molecular formula is C18H11BrCl4N4. The molecule has 0 aliphatic carbocycles. The molecule has 138 valence electrons. The summed E-state index contributed by atoms with van der Waals surface area (Å²) in [7, 11) is 0. The van der Waals surface area contributed by atoms with Gasteiger partial charge in [-0.1, -0.05) is 62.3 Å². The van der Waals surface area contributed by atoms with Crippen LogP contribution in [-0.4, -0.2) is 19.9 Å². The van der Waals surface area contributed by atoms with Gasteiger partial charge in [0, 0.05) is 33.9 Å². The molecule has 4 aromatic heterocycles. The highest BCUT2D eigenvalue weighted by atomic mass is 79.9. The minimum Gasteiger partial charge on any atom is -0.253 e. The van der Waals surface area contributed by atoms with Gasteiger partial charge in [0.15, 0.2) is 0 Å². The lowest BCUT2D eigenvalue weighted by Crippen LogP contribution is -1.88. The number of alkyl halides is 1. The summed E-state index contributed by atoms with van der Waals surface area (Å²) in [5, 5.41) is 3.88. The summed E-state index contributed by atoms with van der Waals surface area (Å²) in [6.45, 7) is 1.92. The second kappa shape index (κ2) is 8.84. The van der Waals surface area contributed by atoms with E-state index in [-0.39, 0.29) is 0 Å². The number of fused-ring (bicyclic) bond motifs is 2. The largest absolute Gasteiger partial charge is 0.253 e. The van der Waals surface area contributed by atoms with Crippen LogP contribution in [0, 0.1) is 6.92 Å². The minimum absolute atomic E-state index is 0.363. The SMILES string of the molecule is Cc1ccc2c(Cl)nc(Cl)cc2n1.Clc1cc2nc(CBr)ccc2c(Cl)n1. The van der Waals surface area contributed by atoms with Crippen molar-refractivity contribution >= 4 is 84.1 Å². The Hall–Kier alpha value is -1.24. The Labute approximate surface area is 184 Å². The standard InChI is InChI=1S/C9H5BrCl2N2.C9H6Cl2N2/c10-4-5-1-2-6-7(13-5)3-8(11)14-9(6)12;1-5-2-3-6-7(12-5)4-8(10)13-9(6)11/h1-3H,4H2;2-4H,1H3. The first-order chi connectivity index (χ1) is 12.9. The molecule has 0 fully saturated rings. The monoisotopic (exact) mass is 502 g/mol. The molecule has 4 aromatic rings. The van der Waals surface area contributed by atoms with Crippen LogP contribution in [-0.2, 0) is 5.33 Å². The van der Waals surface area contributed by atoms with Crippen molar-refractivity contribution in [2.24, 2.45) is 0 Å². The molecule has 9 heteroatoms. The molecule has 27 heavy (non-hydrogen) atoms. The lowest BCUT2D eigenvalue weighted by atomic mass is 10.2. The van der Waals surface area contributed by atoms with Crippen LogP contribution >= 0.6 is 62.3 Å². The van der Waals surface area contributed by atoms with Gasteiger partial charge in [-0.05, 0) is 31.2 Å². The third-order valence-corrected chi connectivity index (χ3v) is 5.09. The molecule has 0 N–H and O–H groups in total. The zero-order valence-corrected chi connectivity index (χ0v) is 18.5. The molecule has 4 rings (SSSR count). The van der Waals surface area contributed by atoms with E-state index in [2.05, 4.69) is 35.9 Å². The van der Waals surface area contributed by atoms with E-state index in [4.69, 9.17) is 46.4 Å². The molecule has 4 heterocycles. The second-order valence-electron chi connectivity index (χ2n) is 5.49. The van der Waals surface area contributed by atoms with Crippen LogP contribution in [0.2, 0.25) is 20.6 Å². The predicted octanol–water partition coefficient (Wildman–Crippen LogP) is 7.08. The molecule has 0 saturated heterocycles. The van der Waals surface area contributed by atoms with Gasteiger partial charge in [0.25, 0.3) is 0 Å². The smallest absolute Gasteiger partial charge is 0.140 e. The molecule has 0 spiro atoms. The van der Waals surface area contributed by atoms with Gasteiger partial charge in [0.2, 0.25) is 0 Å². The molecule has 0 saturated carbocycles. The fraction of sp³-hybridized carbons (Fsp3) is 0.111. The number of nitrogens with zero attached hydrogens (tertiary/aromatic N) is 4. The second-order valence-corrected chi connectivity index (χ2v) is 7.55. The third-order valence-electron chi connectivity index (χ3n) is 3.55. The Morgan fingerprint density at radius 3 is 1.81 bits per heavy atom. The van der Waals surface area contributed by atoms with E-state index in [0.29, 0.717) is 25.9 Å². The highest BCUT2D eigenvalue weighted by molar-refractivity contribution is 9.08. The van der Waals surface area contributed by atoms with Crippen LogP contribution in [0.1, 0.15) is 11.4 Å². The van der Waals surface area contributed by atoms with Crippen molar-refractivity contribution in [3.05, 3.63) is 68.4 Å². The predicted molar refractivity (Wildman–Crippen MR) is 116 cm³/mol. The van der Waals surface area contributed by atoms with Crippen molar-refractivity contribution < 1.29 is 0 Å². The van der Waals surface area contributed by atoms with Crippen molar-refractivity contribution in [3.8, 4) is 0 Å². The molecule has 0 bridgehead atoms. The van der Waals surface area contributed by atoms with E-state index >= 15 is 0 Å². The Morgan fingerprint density at radius 1 is 0.741 bits per heavy atom. The molecule has 0 amide bonds. The van der Waals surface area contributed by atoms with Gasteiger partial charge in [0.1, 0.15) is 20.6 Å². The maximum absolute atomic E-state index is 5.91. The Balaban J connectivity index is 0.000000156. The molecule has 0 atom stereocenters. The van der Waals surface area contributed by atoms with Gasteiger partial charge in [-0.3, -0.25) is 9.97 Å². The van der Waals surface area contributed by atoms with Crippen LogP contribution in [0.5, 0.6) is 0 Å². The number of aryl methyl sites for hydroxylation is 1. The average molecular weight is 505 g/mol. The van der Waals surface area contributed by atoms with Gasteiger partial charge >= 0.3 is 0 Å². The number of pyridine rings is 4. The van der Waals surface area contributed by atoms with E-state index in [1.165, 1.54) is 0 Å². The number of rotatable bonds is 1. The Bertz CT molecular complexity index is 1130. The van der Waals surface area contributed by atoms with E-state index in [9.17, 15) is 0 Å². The van der Waals surface area contributed by atoms with Crippen molar-refractivity contribution in [2.45, 2.75) is 12.3 Å². The van der Waals surface area contributed by atoms with Crippen molar-refractivity contribution in [1.29, 1.82) is 0 Å². The quantitative estimate of drug-likeness (QED) is 0.205. The molecule has 0 radical (unpaired) electrons. The number of halogens is 5. The number of aromatic nitrogens is 4.